The van der Waals surface area contributed by atoms with Crippen LogP contribution in [-0.2, 0) is 14.8 Å². The second-order valence-electron chi connectivity index (χ2n) is 3.00. The molecule has 0 aliphatic rings. The molecule has 1 aromatic heterocycles. The van der Waals surface area contributed by atoms with Crippen LogP contribution in [0.3, 0.4) is 0 Å². The van der Waals surface area contributed by atoms with Gasteiger partial charge in [0, 0.05) is 12.7 Å². The zero-order chi connectivity index (χ0) is 12.9. The molecule has 0 saturated heterocycles. The van der Waals surface area contributed by atoms with Crippen LogP contribution < -0.4 is 4.72 Å². The summed E-state index contributed by atoms with van der Waals surface area (Å²) in [5, 5.41) is 17.1. The molecule has 17 heavy (non-hydrogen) atoms. The maximum absolute atomic E-state index is 11.7. The topological polar surface area (TPSA) is 120 Å². The van der Waals surface area contributed by atoms with Crippen molar-refractivity contribution in [1.29, 1.82) is 5.26 Å². The van der Waals surface area contributed by atoms with Gasteiger partial charge in [0.1, 0.15) is 11.0 Å². The Morgan fingerprint density at radius 2 is 2.29 bits per heavy atom. The lowest BCUT2D eigenvalue weighted by atomic mass is 10.4. The predicted molar refractivity (Wildman–Crippen MR) is 56.4 cm³/mol. The molecule has 0 aliphatic carbocycles. The van der Waals surface area contributed by atoms with Gasteiger partial charge in [0.15, 0.2) is 5.69 Å². The van der Waals surface area contributed by atoms with Crippen LogP contribution in [0.1, 0.15) is 12.1 Å². The highest BCUT2D eigenvalue weighted by atomic mass is 32.2. The molecule has 8 heteroatoms. The van der Waals surface area contributed by atoms with Gasteiger partial charge in [0.25, 0.3) is 0 Å². The highest BCUT2D eigenvalue weighted by Crippen LogP contribution is 2.11. The molecule has 0 spiro atoms. The Morgan fingerprint density at radius 3 is 2.88 bits per heavy atom. The number of hydrogen-bond acceptors (Lipinski definition) is 5. The number of pyridine rings is 1. The van der Waals surface area contributed by atoms with Crippen molar-refractivity contribution in [1.82, 2.24) is 9.71 Å². The number of carbonyl (C=O) groups is 1. The fraction of sp³-hybridized carbons (Fsp3) is 0.222. The van der Waals surface area contributed by atoms with Crippen molar-refractivity contribution in [3.8, 4) is 6.07 Å². The maximum atomic E-state index is 11.7. The normalized spacial score (nSPS) is 10.8. The number of sulfonamides is 1. The number of hydrogen-bond donors (Lipinski definition) is 2. The minimum absolute atomic E-state index is 0.227. The smallest absolute Gasteiger partial charge is 0.304 e. The summed E-state index contributed by atoms with van der Waals surface area (Å²) in [5.74, 6) is -1.11. The maximum Gasteiger partial charge on any atom is 0.304 e. The van der Waals surface area contributed by atoms with E-state index in [0.29, 0.717) is 0 Å². The van der Waals surface area contributed by atoms with E-state index in [-0.39, 0.29) is 23.6 Å². The van der Waals surface area contributed by atoms with Crippen molar-refractivity contribution in [2.45, 2.75) is 11.3 Å². The number of nitriles is 1. The third-order valence-corrected chi connectivity index (χ3v) is 3.29. The van der Waals surface area contributed by atoms with Crippen LogP contribution >= 0.6 is 0 Å². The Morgan fingerprint density at radius 1 is 1.59 bits per heavy atom. The fourth-order valence-corrected chi connectivity index (χ4v) is 2.20. The van der Waals surface area contributed by atoms with Gasteiger partial charge in [-0.2, -0.15) is 5.26 Å². The minimum Gasteiger partial charge on any atom is -0.481 e. The van der Waals surface area contributed by atoms with Gasteiger partial charge in [-0.05, 0) is 12.1 Å². The first-order chi connectivity index (χ1) is 7.97. The van der Waals surface area contributed by atoms with Gasteiger partial charge in [-0.1, -0.05) is 0 Å². The first kappa shape index (κ1) is 13.1. The van der Waals surface area contributed by atoms with Gasteiger partial charge in [0.05, 0.1) is 6.42 Å². The molecule has 0 aliphatic heterocycles. The average molecular weight is 255 g/mol. The monoisotopic (exact) mass is 255 g/mol. The third-order valence-electron chi connectivity index (χ3n) is 1.80. The number of aliphatic carboxylic acids is 1. The molecular formula is C9H9N3O4S. The fourth-order valence-electron chi connectivity index (χ4n) is 1.06. The number of aromatic nitrogens is 1. The van der Waals surface area contributed by atoms with Crippen LogP contribution in [0.15, 0.2) is 23.2 Å². The van der Waals surface area contributed by atoms with Crippen molar-refractivity contribution in [3.63, 3.8) is 0 Å². The SMILES string of the molecule is N#Cc1ncccc1S(=O)(=O)NCCC(=O)O. The van der Waals surface area contributed by atoms with Crippen LogP contribution in [-0.4, -0.2) is 31.0 Å². The summed E-state index contributed by atoms with van der Waals surface area (Å²) in [6.45, 7) is -0.239. The van der Waals surface area contributed by atoms with E-state index in [0.717, 1.165) is 0 Å². The van der Waals surface area contributed by atoms with Gasteiger partial charge in [-0.3, -0.25) is 4.79 Å². The van der Waals surface area contributed by atoms with Crippen LogP contribution in [0.5, 0.6) is 0 Å². The highest BCUT2D eigenvalue weighted by Gasteiger charge is 2.18. The Kier molecular flexibility index (Phi) is 4.14. The highest BCUT2D eigenvalue weighted by molar-refractivity contribution is 7.89. The van der Waals surface area contributed by atoms with Gasteiger partial charge >= 0.3 is 5.97 Å². The lowest BCUT2D eigenvalue weighted by molar-refractivity contribution is -0.136. The number of nitrogens with one attached hydrogen (secondary N) is 1. The summed E-state index contributed by atoms with van der Waals surface area (Å²) in [6.07, 6.45) is 0.968. The number of nitrogens with zero attached hydrogens (tertiary/aromatic N) is 2. The molecule has 90 valence electrons. The lowest BCUT2D eigenvalue weighted by Crippen LogP contribution is -2.27. The quantitative estimate of drug-likeness (QED) is 0.745. The van der Waals surface area contributed by atoms with Gasteiger partial charge in [-0.15, -0.1) is 0 Å². The Hall–Kier alpha value is -1.98. The summed E-state index contributed by atoms with van der Waals surface area (Å²) in [6, 6.07) is 4.27. The molecule has 0 atom stereocenters. The first-order valence-corrected chi connectivity index (χ1v) is 6.02. The van der Waals surface area contributed by atoms with Crippen LogP contribution in [0.2, 0.25) is 0 Å². The second-order valence-corrected chi connectivity index (χ2v) is 4.74. The van der Waals surface area contributed by atoms with Crippen molar-refractivity contribution in [2.75, 3.05) is 6.54 Å². The number of rotatable bonds is 5. The largest absolute Gasteiger partial charge is 0.481 e. The first-order valence-electron chi connectivity index (χ1n) is 4.54. The number of carboxylic acid groups (broad SMARTS) is 1. The van der Waals surface area contributed by atoms with E-state index < -0.39 is 16.0 Å². The molecule has 1 rings (SSSR count). The second kappa shape index (κ2) is 5.38. The Labute approximate surface area is 97.8 Å². The molecule has 1 aromatic rings. The standard InChI is InChI=1S/C9H9N3O4S/c10-6-7-8(2-1-4-11-7)17(15,16)12-5-3-9(13)14/h1-2,4,12H,3,5H2,(H,13,14). The Bertz CT molecular complexity index is 562. The van der Waals surface area contributed by atoms with Crippen LogP contribution in [0, 0.1) is 11.3 Å². The van der Waals surface area contributed by atoms with Gasteiger partial charge in [0.2, 0.25) is 10.0 Å². The predicted octanol–water partition coefficient (Wildman–Crippen LogP) is -0.294. The van der Waals surface area contributed by atoms with E-state index in [9.17, 15) is 13.2 Å². The summed E-state index contributed by atoms with van der Waals surface area (Å²) >= 11 is 0. The van der Waals surface area contributed by atoms with Crippen molar-refractivity contribution in [3.05, 3.63) is 24.0 Å². The van der Waals surface area contributed by atoms with E-state index in [1.807, 2.05) is 0 Å². The van der Waals surface area contributed by atoms with Crippen molar-refractivity contribution < 1.29 is 18.3 Å². The number of carboxylic acids is 1. The van der Waals surface area contributed by atoms with Crippen LogP contribution in [0.4, 0.5) is 0 Å². The summed E-state index contributed by atoms with van der Waals surface area (Å²) in [5.41, 5.74) is -0.227. The van der Waals surface area contributed by atoms with E-state index in [1.165, 1.54) is 18.3 Å². The molecular weight excluding hydrogens is 246 g/mol. The zero-order valence-corrected chi connectivity index (χ0v) is 9.44. The van der Waals surface area contributed by atoms with E-state index in [4.69, 9.17) is 10.4 Å². The van der Waals surface area contributed by atoms with Crippen molar-refractivity contribution >= 4 is 16.0 Å². The molecule has 0 aromatic carbocycles. The summed E-state index contributed by atoms with van der Waals surface area (Å²) < 4.78 is 25.5. The molecule has 0 saturated carbocycles. The molecule has 0 bridgehead atoms. The molecule has 1 heterocycles. The lowest BCUT2D eigenvalue weighted by Gasteiger charge is -2.05. The average Bonchev–Trinajstić information content (AvgIpc) is 2.28. The molecule has 2 N–H and O–H groups in total. The third kappa shape index (κ3) is 3.51. The summed E-state index contributed by atoms with van der Waals surface area (Å²) in [4.78, 5) is 13.6. The molecule has 0 amide bonds. The zero-order valence-electron chi connectivity index (χ0n) is 8.62. The van der Waals surface area contributed by atoms with Crippen LogP contribution in [0.25, 0.3) is 0 Å². The molecule has 7 nitrogen and oxygen atoms in total. The molecule has 0 unspecified atom stereocenters. The Balaban J connectivity index is 2.91. The molecule has 0 fully saturated rings. The van der Waals surface area contributed by atoms with E-state index >= 15 is 0 Å². The van der Waals surface area contributed by atoms with E-state index in [2.05, 4.69) is 9.71 Å². The summed E-state index contributed by atoms with van der Waals surface area (Å²) in [7, 11) is -3.90. The minimum atomic E-state index is -3.90. The van der Waals surface area contributed by atoms with Gasteiger partial charge < -0.3 is 5.11 Å². The van der Waals surface area contributed by atoms with E-state index in [1.54, 1.807) is 6.07 Å². The molecule has 0 radical (unpaired) electrons. The van der Waals surface area contributed by atoms with Gasteiger partial charge in [-0.25, -0.2) is 18.1 Å². The van der Waals surface area contributed by atoms with Crippen molar-refractivity contribution in [2.24, 2.45) is 0 Å².